The molecule has 1 N–H and O–H groups in total. The molecule has 1 heterocycles. The van der Waals surface area contributed by atoms with Gasteiger partial charge in [0.15, 0.2) is 0 Å². The van der Waals surface area contributed by atoms with Crippen molar-refractivity contribution in [3.63, 3.8) is 0 Å². The highest BCUT2D eigenvalue weighted by Crippen LogP contribution is 2.21. The van der Waals surface area contributed by atoms with Crippen molar-refractivity contribution in [2.75, 3.05) is 12.4 Å². The number of nitro groups is 1. The molecule has 118 valence electrons. The van der Waals surface area contributed by atoms with E-state index in [1.807, 2.05) is 0 Å². The van der Waals surface area contributed by atoms with Crippen molar-refractivity contribution in [2.45, 2.75) is 0 Å². The monoisotopic (exact) mass is 319 g/mol. The molecule has 0 unspecified atom stereocenters. The second kappa shape index (κ2) is 6.60. The third-order valence-corrected chi connectivity index (χ3v) is 2.82. The average molecular weight is 319 g/mol. The van der Waals surface area contributed by atoms with E-state index in [0.29, 0.717) is 0 Å². The van der Waals surface area contributed by atoms with Gasteiger partial charge in [-0.1, -0.05) is 0 Å². The number of ether oxygens (including phenoxy) is 1. The van der Waals surface area contributed by atoms with Gasteiger partial charge in [-0.05, 0) is 24.3 Å². The van der Waals surface area contributed by atoms with Crippen LogP contribution in [-0.2, 0) is 4.74 Å². The van der Waals surface area contributed by atoms with Crippen LogP contribution in [0.1, 0.15) is 20.8 Å². The number of rotatable bonds is 4. The maximum Gasteiger partial charge on any atom is 0.339 e. The van der Waals surface area contributed by atoms with Gasteiger partial charge >= 0.3 is 11.7 Å². The van der Waals surface area contributed by atoms with Crippen LogP contribution in [-0.4, -0.2) is 28.9 Å². The Hall–Kier alpha value is -3.36. The summed E-state index contributed by atoms with van der Waals surface area (Å²) in [6.45, 7) is 0. The van der Waals surface area contributed by atoms with Gasteiger partial charge in [-0.3, -0.25) is 19.9 Å². The highest BCUT2D eigenvalue weighted by molar-refractivity contribution is 6.03. The Balaban J connectivity index is 2.17. The van der Waals surface area contributed by atoms with E-state index in [-0.39, 0.29) is 16.9 Å². The molecule has 0 bridgehead atoms. The lowest BCUT2D eigenvalue weighted by molar-refractivity contribution is -0.387. The minimum absolute atomic E-state index is 0.0235. The molecule has 1 aromatic heterocycles. The summed E-state index contributed by atoms with van der Waals surface area (Å²) in [7, 11) is 1.21. The molecule has 1 aromatic carbocycles. The number of benzene rings is 1. The van der Waals surface area contributed by atoms with E-state index in [2.05, 4.69) is 15.0 Å². The van der Waals surface area contributed by atoms with Gasteiger partial charge in [0.2, 0.25) is 5.82 Å². The summed E-state index contributed by atoms with van der Waals surface area (Å²) in [5.41, 5.74) is -0.565. The smallest absolute Gasteiger partial charge is 0.339 e. The lowest BCUT2D eigenvalue weighted by Gasteiger charge is -2.05. The summed E-state index contributed by atoms with van der Waals surface area (Å²) in [5, 5.41) is 13.0. The van der Waals surface area contributed by atoms with Gasteiger partial charge < -0.3 is 10.1 Å². The van der Waals surface area contributed by atoms with Crippen molar-refractivity contribution in [3.8, 4) is 0 Å². The first-order valence-electron chi connectivity index (χ1n) is 6.22. The lowest BCUT2D eigenvalue weighted by atomic mass is 10.2. The van der Waals surface area contributed by atoms with E-state index in [1.54, 1.807) is 0 Å². The minimum Gasteiger partial charge on any atom is -0.465 e. The summed E-state index contributed by atoms with van der Waals surface area (Å²) in [5.74, 6) is -2.27. The van der Waals surface area contributed by atoms with Gasteiger partial charge in [-0.2, -0.15) is 4.39 Å². The zero-order valence-corrected chi connectivity index (χ0v) is 11.8. The van der Waals surface area contributed by atoms with E-state index in [1.165, 1.54) is 25.3 Å². The second-order valence-electron chi connectivity index (χ2n) is 4.30. The van der Waals surface area contributed by atoms with Crippen molar-refractivity contribution in [1.29, 1.82) is 0 Å². The molecule has 0 radical (unpaired) electrons. The number of esters is 1. The Morgan fingerprint density at radius 2 is 2.04 bits per heavy atom. The van der Waals surface area contributed by atoms with Crippen LogP contribution in [0.15, 0.2) is 36.5 Å². The minimum atomic E-state index is -1.01. The average Bonchev–Trinajstić information content (AvgIpc) is 2.55. The van der Waals surface area contributed by atoms with Crippen molar-refractivity contribution in [1.82, 2.24) is 4.98 Å². The third kappa shape index (κ3) is 3.64. The number of methoxy groups -OCH3 is 1. The van der Waals surface area contributed by atoms with Crippen molar-refractivity contribution >= 4 is 23.3 Å². The van der Waals surface area contributed by atoms with Crippen LogP contribution in [0.25, 0.3) is 0 Å². The zero-order valence-electron chi connectivity index (χ0n) is 11.8. The van der Waals surface area contributed by atoms with Crippen molar-refractivity contribution in [2.24, 2.45) is 0 Å². The molecule has 0 atom stereocenters. The van der Waals surface area contributed by atoms with Gasteiger partial charge in [0.05, 0.1) is 17.6 Å². The lowest BCUT2D eigenvalue weighted by Crippen LogP contribution is -2.14. The van der Waals surface area contributed by atoms with Crippen LogP contribution in [0.4, 0.5) is 15.8 Å². The Morgan fingerprint density at radius 3 is 2.61 bits per heavy atom. The predicted octanol–water partition coefficient (Wildman–Crippen LogP) is 2.17. The zero-order chi connectivity index (χ0) is 17.0. The third-order valence-electron chi connectivity index (χ3n) is 2.82. The number of halogens is 1. The predicted molar refractivity (Wildman–Crippen MR) is 76.6 cm³/mol. The molecule has 9 heteroatoms. The molecular formula is C14H10FN3O5. The second-order valence-corrected chi connectivity index (χ2v) is 4.30. The Morgan fingerprint density at radius 1 is 1.30 bits per heavy atom. The Bertz CT molecular complexity index is 776. The summed E-state index contributed by atoms with van der Waals surface area (Å²) >= 11 is 0. The molecule has 0 fully saturated rings. The van der Waals surface area contributed by atoms with E-state index in [0.717, 1.165) is 18.3 Å². The van der Waals surface area contributed by atoms with Crippen molar-refractivity contribution in [3.05, 3.63) is 63.7 Å². The highest BCUT2D eigenvalue weighted by Gasteiger charge is 2.16. The number of hydrogen-bond acceptors (Lipinski definition) is 6. The molecule has 23 heavy (non-hydrogen) atoms. The Kier molecular flexibility index (Phi) is 4.60. The fraction of sp³-hybridized carbons (Fsp3) is 0.0714. The molecule has 0 aliphatic heterocycles. The first kappa shape index (κ1) is 16.0. The number of hydrogen-bond donors (Lipinski definition) is 1. The van der Waals surface area contributed by atoms with Crippen LogP contribution in [0.5, 0.6) is 0 Å². The Labute approximate surface area is 129 Å². The van der Waals surface area contributed by atoms with Gasteiger partial charge in [0.1, 0.15) is 5.69 Å². The summed E-state index contributed by atoms with van der Waals surface area (Å²) in [4.78, 5) is 36.8. The van der Waals surface area contributed by atoms with Crippen LogP contribution in [0, 0.1) is 15.9 Å². The number of nitrogens with one attached hydrogen (secondary N) is 1. The van der Waals surface area contributed by atoms with Crippen LogP contribution in [0.3, 0.4) is 0 Å². The van der Waals surface area contributed by atoms with Gasteiger partial charge in [0.25, 0.3) is 5.91 Å². The quantitative estimate of drug-likeness (QED) is 0.525. The van der Waals surface area contributed by atoms with Crippen LogP contribution < -0.4 is 5.32 Å². The number of nitrogens with zero attached hydrogens (tertiary/aromatic N) is 2. The van der Waals surface area contributed by atoms with Crippen LogP contribution >= 0.6 is 0 Å². The molecule has 0 spiro atoms. The van der Waals surface area contributed by atoms with E-state index in [4.69, 9.17) is 0 Å². The fourth-order valence-corrected chi connectivity index (χ4v) is 1.69. The molecule has 2 rings (SSSR count). The number of aromatic nitrogens is 1. The molecular weight excluding hydrogens is 309 g/mol. The maximum absolute atomic E-state index is 13.2. The molecule has 0 saturated heterocycles. The molecule has 8 nitrogen and oxygen atoms in total. The number of anilines is 1. The summed E-state index contributed by atoms with van der Waals surface area (Å²) in [6.07, 6.45) is 1.16. The molecule has 0 aliphatic carbocycles. The first-order chi connectivity index (χ1) is 10.9. The van der Waals surface area contributed by atoms with E-state index >= 15 is 0 Å². The van der Waals surface area contributed by atoms with E-state index < -0.39 is 28.3 Å². The number of carbonyl (C=O) groups excluding carboxylic acids is 2. The van der Waals surface area contributed by atoms with Crippen molar-refractivity contribution < 1.29 is 23.6 Å². The van der Waals surface area contributed by atoms with E-state index in [9.17, 15) is 24.1 Å². The number of pyridine rings is 1. The van der Waals surface area contributed by atoms with Gasteiger partial charge in [-0.25, -0.2) is 4.79 Å². The summed E-state index contributed by atoms with van der Waals surface area (Å²) in [6, 6.07) is 5.60. The normalized spacial score (nSPS) is 10.0. The highest BCUT2D eigenvalue weighted by atomic mass is 19.1. The maximum atomic E-state index is 13.2. The standard InChI is InChI=1S/C14H10FN3O5/c1-23-14(20)8-2-5-11(16-7-8)13(19)17-9-3-4-10(15)12(6-9)18(21)22/h2-7H,1H3,(H,17,19). The molecule has 0 saturated carbocycles. The molecule has 0 aliphatic rings. The number of amides is 1. The fourth-order valence-electron chi connectivity index (χ4n) is 1.69. The number of carbonyl (C=O) groups is 2. The van der Waals surface area contributed by atoms with Gasteiger partial charge in [0, 0.05) is 18.0 Å². The van der Waals surface area contributed by atoms with Gasteiger partial charge in [-0.15, -0.1) is 0 Å². The first-order valence-corrected chi connectivity index (χ1v) is 6.22. The molecule has 2 aromatic rings. The summed E-state index contributed by atoms with van der Waals surface area (Å²) < 4.78 is 17.7. The molecule has 1 amide bonds. The van der Waals surface area contributed by atoms with Crippen LogP contribution in [0.2, 0.25) is 0 Å². The SMILES string of the molecule is COC(=O)c1ccc(C(=O)Nc2ccc(F)c([N+](=O)[O-])c2)nc1. The topological polar surface area (TPSA) is 111 Å². The number of nitro benzene ring substituents is 1. The largest absolute Gasteiger partial charge is 0.465 e.